The van der Waals surface area contributed by atoms with E-state index in [0.717, 1.165) is 0 Å². The lowest BCUT2D eigenvalue weighted by molar-refractivity contribution is 0.220. The number of nitrogen functional groups attached to an aromatic ring is 1. The molecule has 0 atom stereocenters. The summed E-state index contributed by atoms with van der Waals surface area (Å²) < 4.78 is 1.52. The summed E-state index contributed by atoms with van der Waals surface area (Å²) in [5, 5.41) is 16.2. The van der Waals surface area contributed by atoms with Gasteiger partial charge in [0.15, 0.2) is 0 Å². The fraction of sp³-hybridized carbons (Fsp3) is 0.500. The van der Waals surface area contributed by atoms with Gasteiger partial charge >= 0.3 is 0 Å². The van der Waals surface area contributed by atoms with Crippen LogP contribution in [-0.2, 0) is 0 Å². The Morgan fingerprint density at radius 2 is 2.15 bits per heavy atom. The van der Waals surface area contributed by atoms with Crippen LogP contribution in [0.1, 0.15) is 20.3 Å². The zero-order valence-electron chi connectivity index (χ0n) is 11.6. The highest BCUT2D eigenvalue weighted by molar-refractivity contribution is 5.34. The van der Waals surface area contributed by atoms with E-state index < -0.39 is 0 Å². The van der Waals surface area contributed by atoms with E-state index in [2.05, 4.69) is 39.2 Å². The van der Waals surface area contributed by atoms with Crippen molar-refractivity contribution in [3.63, 3.8) is 0 Å². The third kappa shape index (κ3) is 3.64. The molecule has 0 bridgehead atoms. The van der Waals surface area contributed by atoms with Crippen LogP contribution in [0, 0.1) is 5.41 Å². The Bertz CT molecular complexity index is 553. The number of nitrogens with two attached hydrogens (primary N) is 1. The molecule has 0 unspecified atom stereocenters. The molecule has 0 fully saturated rings. The van der Waals surface area contributed by atoms with Crippen LogP contribution >= 0.6 is 0 Å². The Kier molecular flexibility index (Phi) is 4.14. The quantitative estimate of drug-likeness (QED) is 0.702. The molecule has 8 nitrogen and oxygen atoms in total. The fourth-order valence-corrected chi connectivity index (χ4v) is 1.66. The van der Waals surface area contributed by atoms with E-state index in [0.29, 0.717) is 24.9 Å². The predicted octanol–water partition coefficient (Wildman–Crippen LogP) is 0.460. The molecule has 2 heterocycles. The zero-order valence-corrected chi connectivity index (χ0v) is 11.6. The second kappa shape index (κ2) is 5.83. The van der Waals surface area contributed by atoms with Crippen molar-refractivity contribution in [3.05, 3.63) is 18.5 Å². The van der Waals surface area contributed by atoms with Gasteiger partial charge in [-0.15, -0.1) is 0 Å². The smallest absolute Gasteiger partial charge is 0.257 e. The summed E-state index contributed by atoms with van der Waals surface area (Å²) in [5.74, 6) is 0.895. The van der Waals surface area contributed by atoms with E-state index in [1.165, 1.54) is 4.68 Å². The van der Waals surface area contributed by atoms with Crippen LogP contribution < -0.4 is 11.1 Å². The lowest BCUT2D eigenvalue weighted by Gasteiger charge is -2.23. The van der Waals surface area contributed by atoms with Gasteiger partial charge in [0.05, 0.1) is 0 Å². The fourth-order valence-electron chi connectivity index (χ4n) is 1.66. The van der Waals surface area contributed by atoms with Crippen molar-refractivity contribution in [1.82, 2.24) is 24.7 Å². The van der Waals surface area contributed by atoms with Crippen molar-refractivity contribution >= 4 is 11.9 Å². The van der Waals surface area contributed by atoms with Crippen LogP contribution in [0.3, 0.4) is 0 Å². The van der Waals surface area contributed by atoms with Gasteiger partial charge in [-0.25, -0.2) is 4.68 Å². The first-order valence-corrected chi connectivity index (χ1v) is 6.36. The molecule has 108 valence electrons. The van der Waals surface area contributed by atoms with Crippen molar-refractivity contribution in [1.29, 1.82) is 0 Å². The Hall–Kier alpha value is -2.22. The maximum atomic E-state index is 9.01. The van der Waals surface area contributed by atoms with E-state index in [1.54, 1.807) is 18.5 Å². The minimum Gasteiger partial charge on any atom is -0.396 e. The van der Waals surface area contributed by atoms with Crippen molar-refractivity contribution in [3.8, 4) is 5.95 Å². The number of aliphatic hydroxyl groups is 1. The molecule has 2 aromatic rings. The third-order valence-electron chi connectivity index (χ3n) is 2.86. The van der Waals surface area contributed by atoms with E-state index in [4.69, 9.17) is 10.8 Å². The molecule has 2 rings (SSSR count). The molecule has 4 N–H and O–H groups in total. The number of rotatable bonds is 6. The zero-order chi connectivity index (χ0) is 14.6. The summed E-state index contributed by atoms with van der Waals surface area (Å²) in [6.45, 7) is 4.87. The van der Waals surface area contributed by atoms with Crippen LogP contribution in [0.2, 0.25) is 0 Å². The Morgan fingerprint density at radius 1 is 1.35 bits per heavy atom. The number of nitrogens with one attached hydrogen (secondary N) is 1. The number of hydrogen-bond donors (Lipinski definition) is 3. The average molecular weight is 277 g/mol. The van der Waals surface area contributed by atoms with Crippen molar-refractivity contribution in [2.45, 2.75) is 20.3 Å². The average Bonchev–Trinajstić information content (AvgIpc) is 2.90. The summed E-state index contributed by atoms with van der Waals surface area (Å²) >= 11 is 0. The van der Waals surface area contributed by atoms with E-state index in [-0.39, 0.29) is 18.0 Å². The lowest BCUT2D eigenvalue weighted by atomic mass is 9.90. The Morgan fingerprint density at radius 3 is 2.80 bits per heavy atom. The standard InChI is InChI=1S/C12H19N7O/c1-12(2,4-7-20)8-14-10-16-9(13)17-11(18-10)19-6-3-5-15-19/h3,5-6,20H,4,7-8H2,1-2H3,(H3,13,14,16,17,18). The monoisotopic (exact) mass is 277 g/mol. The predicted molar refractivity (Wildman–Crippen MR) is 75.3 cm³/mol. The molecule has 0 aliphatic carbocycles. The van der Waals surface area contributed by atoms with Gasteiger partial charge in [-0.05, 0) is 17.9 Å². The minimum absolute atomic E-state index is 0.0675. The number of aliphatic hydroxyl groups excluding tert-OH is 1. The van der Waals surface area contributed by atoms with Crippen LogP contribution in [0.25, 0.3) is 5.95 Å². The van der Waals surface area contributed by atoms with Gasteiger partial charge < -0.3 is 16.2 Å². The maximum Gasteiger partial charge on any atom is 0.257 e. The number of anilines is 2. The molecule has 0 spiro atoms. The highest BCUT2D eigenvalue weighted by atomic mass is 16.3. The van der Waals surface area contributed by atoms with Crippen LogP contribution in [-0.4, -0.2) is 43.0 Å². The van der Waals surface area contributed by atoms with E-state index in [1.807, 2.05) is 0 Å². The molecule has 8 heteroatoms. The first kappa shape index (κ1) is 14.2. The molecule has 0 aromatic carbocycles. The van der Waals surface area contributed by atoms with Crippen LogP contribution in [0.4, 0.5) is 11.9 Å². The molecule has 0 aliphatic rings. The Labute approximate surface area is 117 Å². The maximum absolute atomic E-state index is 9.01. The van der Waals surface area contributed by atoms with Crippen molar-refractivity contribution in [2.75, 3.05) is 24.2 Å². The Balaban J connectivity index is 2.13. The summed E-state index contributed by atoms with van der Waals surface area (Å²) in [6, 6.07) is 1.78. The van der Waals surface area contributed by atoms with Crippen LogP contribution in [0.15, 0.2) is 18.5 Å². The number of aromatic nitrogens is 5. The summed E-state index contributed by atoms with van der Waals surface area (Å²) in [4.78, 5) is 12.3. The lowest BCUT2D eigenvalue weighted by Crippen LogP contribution is -2.25. The van der Waals surface area contributed by atoms with Gasteiger partial charge in [0.1, 0.15) is 0 Å². The van der Waals surface area contributed by atoms with Gasteiger partial charge in [-0.3, -0.25) is 0 Å². The number of hydrogen-bond acceptors (Lipinski definition) is 7. The highest BCUT2D eigenvalue weighted by Gasteiger charge is 2.17. The SMILES string of the molecule is CC(C)(CCO)CNc1nc(N)nc(-n2cccn2)n1. The molecule has 0 amide bonds. The molecule has 0 saturated heterocycles. The summed E-state index contributed by atoms with van der Waals surface area (Å²) in [7, 11) is 0. The summed E-state index contributed by atoms with van der Waals surface area (Å²) in [5.41, 5.74) is 5.61. The molecule has 0 radical (unpaired) electrons. The largest absolute Gasteiger partial charge is 0.396 e. The molecule has 2 aromatic heterocycles. The normalized spacial score (nSPS) is 11.6. The van der Waals surface area contributed by atoms with Gasteiger partial charge in [0.2, 0.25) is 11.9 Å². The summed E-state index contributed by atoms with van der Waals surface area (Å²) in [6.07, 6.45) is 4.05. The van der Waals surface area contributed by atoms with E-state index in [9.17, 15) is 0 Å². The highest BCUT2D eigenvalue weighted by Crippen LogP contribution is 2.20. The van der Waals surface area contributed by atoms with Gasteiger partial charge in [-0.1, -0.05) is 13.8 Å². The second-order valence-electron chi connectivity index (χ2n) is 5.26. The minimum atomic E-state index is -0.0675. The molecular formula is C12H19N7O. The van der Waals surface area contributed by atoms with E-state index >= 15 is 0 Å². The van der Waals surface area contributed by atoms with Crippen molar-refractivity contribution < 1.29 is 5.11 Å². The molecular weight excluding hydrogens is 258 g/mol. The van der Waals surface area contributed by atoms with Crippen LogP contribution in [0.5, 0.6) is 0 Å². The molecule has 0 saturated carbocycles. The third-order valence-corrected chi connectivity index (χ3v) is 2.86. The van der Waals surface area contributed by atoms with Gasteiger partial charge in [0, 0.05) is 25.5 Å². The van der Waals surface area contributed by atoms with Gasteiger partial charge in [0.25, 0.3) is 5.95 Å². The first-order chi connectivity index (χ1) is 9.50. The molecule has 20 heavy (non-hydrogen) atoms. The topological polar surface area (TPSA) is 115 Å². The first-order valence-electron chi connectivity index (χ1n) is 6.36. The number of nitrogens with zero attached hydrogens (tertiary/aromatic N) is 5. The molecule has 0 aliphatic heterocycles. The second-order valence-corrected chi connectivity index (χ2v) is 5.26. The van der Waals surface area contributed by atoms with Crippen molar-refractivity contribution in [2.24, 2.45) is 5.41 Å². The van der Waals surface area contributed by atoms with Gasteiger partial charge in [-0.2, -0.15) is 20.1 Å².